The van der Waals surface area contributed by atoms with Crippen molar-refractivity contribution in [3.63, 3.8) is 0 Å². The molecule has 2 heterocycles. The fraction of sp³-hybridized carbons (Fsp3) is 0.333. The highest BCUT2D eigenvalue weighted by Gasteiger charge is 2.19. The molecule has 1 aliphatic rings. The van der Waals surface area contributed by atoms with Crippen molar-refractivity contribution in [2.24, 2.45) is 0 Å². The highest BCUT2D eigenvalue weighted by Crippen LogP contribution is 2.26. The molecule has 0 unspecified atom stereocenters. The summed E-state index contributed by atoms with van der Waals surface area (Å²) < 4.78 is 0. The van der Waals surface area contributed by atoms with Gasteiger partial charge in [-0.2, -0.15) is 0 Å². The molecule has 2 aromatic rings. The zero-order chi connectivity index (χ0) is 13.4. The SMILES string of the molecule is Cc1cc(N2CCc3c(N)cccc3C2)nc(C)n1. The van der Waals surface area contributed by atoms with Gasteiger partial charge in [0.1, 0.15) is 11.6 Å². The van der Waals surface area contributed by atoms with Gasteiger partial charge in [0.25, 0.3) is 0 Å². The third-order valence-electron chi connectivity index (χ3n) is 3.58. The normalized spacial score (nSPS) is 14.3. The molecule has 98 valence electrons. The summed E-state index contributed by atoms with van der Waals surface area (Å²) >= 11 is 0. The van der Waals surface area contributed by atoms with Gasteiger partial charge in [0.2, 0.25) is 0 Å². The molecule has 0 aliphatic carbocycles. The molecule has 4 nitrogen and oxygen atoms in total. The number of nitrogen functional groups attached to an aromatic ring is 1. The van der Waals surface area contributed by atoms with Crippen molar-refractivity contribution in [3.05, 3.63) is 46.9 Å². The smallest absolute Gasteiger partial charge is 0.132 e. The predicted molar refractivity (Wildman–Crippen MR) is 77.1 cm³/mol. The molecule has 0 radical (unpaired) electrons. The van der Waals surface area contributed by atoms with Crippen LogP contribution in [0.25, 0.3) is 0 Å². The van der Waals surface area contributed by atoms with E-state index in [1.54, 1.807) is 0 Å². The number of nitrogens with zero attached hydrogens (tertiary/aromatic N) is 3. The van der Waals surface area contributed by atoms with E-state index in [1.807, 2.05) is 32.0 Å². The van der Waals surface area contributed by atoms with Crippen LogP contribution in [0.4, 0.5) is 11.5 Å². The molecule has 4 heteroatoms. The van der Waals surface area contributed by atoms with Crippen LogP contribution in [0, 0.1) is 13.8 Å². The second-order valence-corrected chi connectivity index (χ2v) is 5.07. The Hall–Kier alpha value is -2.10. The van der Waals surface area contributed by atoms with Crippen LogP contribution in [0.5, 0.6) is 0 Å². The number of hydrogen-bond donors (Lipinski definition) is 1. The fourth-order valence-electron chi connectivity index (χ4n) is 2.69. The lowest BCUT2D eigenvalue weighted by Gasteiger charge is -2.30. The van der Waals surface area contributed by atoms with Gasteiger partial charge >= 0.3 is 0 Å². The van der Waals surface area contributed by atoms with Crippen LogP contribution in [0.15, 0.2) is 24.3 Å². The summed E-state index contributed by atoms with van der Waals surface area (Å²) in [5, 5.41) is 0. The van der Waals surface area contributed by atoms with Gasteiger partial charge in [-0.25, -0.2) is 9.97 Å². The van der Waals surface area contributed by atoms with E-state index in [2.05, 4.69) is 20.9 Å². The minimum absolute atomic E-state index is 0.827. The zero-order valence-electron chi connectivity index (χ0n) is 11.3. The molecule has 19 heavy (non-hydrogen) atoms. The van der Waals surface area contributed by atoms with E-state index in [9.17, 15) is 0 Å². The van der Waals surface area contributed by atoms with E-state index in [0.717, 1.165) is 42.5 Å². The lowest BCUT2D eigenvalue weighted by Crippen LogP contribution is -2.31. The topological polar surface area (TPSA) is 55.0 Å². The fourth-order valence-corrected chi connectivity index (χ4v) is 2.69. The Kier molecular flexibility index (Phi) is 2.85. The number of rotatable bonds is 1. The van der Waals surface area contributed by atoms with Crippen LogP contribution >= 0.6 is 0 Å². The first-order chi connectivity index (χ1) is 9.13. The van der Waals surface area contributed by atoms with Crippen molar-refractivity contribution < 1.29 is 0 Å². The molecule has 1 aromatic carbocycles. The van der Waals surface area contributed by atoms with E-state index < -0.39 is 0 Å². The van der Waals surface area contributed by atoms with Gasteiger partial charge in [0.05, 0.1) is 0 Å². The summed E-state index contributed by atoms with van der Waals surface area (Å²) in [5.74, 6) is 1.84. The number of benzene rings is 1. The Morgan fingerprint density at radius 2 is 2.05 bits per heavy atom. The molecule has 0 saturated carbocycles. The van der Waals surface area contributed by atoms with Crippen LogP contribution in [0.1, 0.15) is 22.6 Å². The first kappa shape index (κ1) is 12.0. The molecule has 0 amide bonds. The van der Waals surface area contributed by atoms with Gasteiger partial charge in [-0.1, -0.05) is 12.1 Å². The number of fused-ring (bicyclic) bond motifs is 1. The van der Waals surface area contributed by atoms with Crippen LogP contribution in [-0.4, -0.2) is 16.5 Å². The molecule has 0 spiro atoms. The molecular weight excluding hydrogens is 236 g/mol. The van der Waals surface area contributed by atoms with Crippen molar-refractivity contribution in [1.29, 1.82) is 0 Å². The predicted octanol–water partition coefficient (Wildman–Crippen LogP) is 2.24. The van der Waals surface area contributed by atoms with Crippen molar-refractivity contribution >= 4 is 11.5 Å². The summed E-state index contributed by atoms with van der Waals surface area (Å²) in [4.78, 5) is 11.2. The van der Waals surface area contributed by atoms with Gasteiger partial charge in [-0.15, -0.1) is 0 Å². The minimum Gasteiger partial charge on any atom is -0.398 e. The maximum atomic E-state index is 6.03. The standard InChI is InChI=1S/C15H18N4/c1-10-8-15(18-11(2)17-10)19-7-6-13-12(9-19)4-3-5-14(13)16/h3-5,8H,6-7,9,16H2,1-2H3. The Labute approximate surface area is 113 Å². The zero-order valence-corrected chi connectivity index (χ0v) is 11.3. The highest BCUT2D eigenvalue weighted by molar-refractivity contribution is 5.55. The number of nitrogens with two attached hydrogens (primary N) is 1. The average Bonchev–Trinajstić information content (AvgIpc) is 2.37. The maximum Gasteiger partial charge on any atom is 0.132 e. The average molecular weight is 254 g/mol. The van der Waals surface area contributed by atoms with Gasteiger partial charge in [-0.3, -0.25) is 0 Å². The second kappa shape index (κ2) is 4.53. The van der Waals surface area contributed by atoms with Gasteiger partial charge < -0.3 is 10.6 Å². The minimum atomic E-state index is 0.827. The molecule has 2 N–H and O–H groups in total. The molecule has 1 aromatic heterocycles. The Bertz CT molecular complexity index is 601. The number of anilines is 2. The number of hydrogen-bond acceptors (Lipinski definition) is 4. The quantitative estimate of drug-likeness (QED) is 0.793. The van der Waals surface area contributed by atoms with Gasteiger partial charge in [0.15, 0.2) is 0 Å². The van der Waals surface area contributed by atoms with Gasteiger partial charge in [0, 0.05) is 30.5 Å². The summed E-state index contributed by atoms with van der Waals surface area (Å²) in [5.41, 5.74) is 10.6. The summed E-state index contributed by atoms with van der Waals surface area (Å²) in [6.07, 6.45) is 0.976. The van der Waals surface area contributed by atoms with E-state index in [4.69, 9.17) is 5.73 Å². The molecular formula is C15H18N4. The highest BCUT2D eigenvalue weighted by atomic mass is 15.2. The first-order valence-corrected chi connectivity index (χ1v) is 6.57. The van der Waals surface area contributed by atoms with E-state index in [0.29, 0.717) is 0 Å². The first-order valence-electron chi connectivity index (χ1n) is 6.57. The van der Waals surface area contributed by atoms with E-state index >= 15 is 0 Å². The number of aryl methyl sites for hydroxylation is 2. The van der Waals surface area contributed by atoms with Crippen LogP contribution < -0.4 is 10.6 Å². The van der Waals surface area contributed by atoms with Gasteiger partial charge in [-0.05, 0) is 37.5 Å². The van der Waals surface area contributed by atoms with Crippen molar-refractivity contribution in [3.8, 4) is 0 Å². The summed E-state index contributed by atoms with van der Waals surface area (Å²) in [7, 11) is 0. The maximum absolute atomic E-state index is 6.03. The lowest BCUT2D eigenvalue weighted by atomic mass is 9.98. The van der Waals surface area contributed by atoms with Crippen LogP contribution in [0.3, 0.4) is 0 Å². The third kappa shape index (κ3) is 2.26. The van der Waals surface area contributed by atoms with E-state index in [1.165, 1.54) is 11.1 Å². The molecule has 0 saturated heterocycles. The molecule has 0 fully saturated rings. The Morgan fingerprint density at radius 3 is 2.84 bits per heavy atom. The van der Waals surface area contributed by atoms with Crippen molar-refractivity contribution in [2.75, 3.05) is 17.2 Å². The number of aromatic nitrogens is 2. The molecule has 0 atom stereocenters. The van der Waals surface area contributed by atoms with E-state index in [-0.39, 0.29) is 0 Å². The van der Waals surface area contributed by atoms with Crippen LogP contribution in [0.2, 0.25) is 0 Å². The van der Waals surface area contributed by atoms with Crippen molar-refractivity contribution in [2.45, 2.75) is 26.8 Å². The Balaban J connectivity index is 1.93. The summed E-state index contributed by atoms with van der Waals surface area (Å²) in [6.45, 7) is 5.77. The molecule has 3 rings (SSSR count). The van der Waals surface area contributed by atoms with Crippen LogP contribution in [-0.2, 0) is 13.0 Å². The largest absolute Gasteiger partial charge is 0.398 e. The Morgan fingerprint density at radius 1 is 1.21 bits per heavy atom. The summed E-state index contributed by atoms with van der Waals surface area (Å²) in [6, 6.07) is 8.20. The second-order valence-electron chi connectivity index (χ2n) is 5.07. The lowest BCUT2D eigenvalue weighted by molar-refractivity contribution is 0.717. The molecule has 1 aliphatic heterocycles. The molecule has 0 bridgehead atoms. The third-order valence-corrected chi connectivity index (χ3v) is 3.58. The van der Waals surface area contributed by atoms with Crippen molar-refractivity contribution in [1.82, 2.24) is 9.97 Å². The monoisotopic (exact) mass is 254 g/mol.